The van der Waals surface area contributed by atoms with Gasteiger partial charge >= 0.3 is 0 Å². The Bertz CT molecular complexity index is 1050. The van der Waals surface area contributed by atoms with E-state index < -0.39 is 5.54 Å². The fourth-order valence-corrected chi connectivity index (χ4v) is 4.11. The molecule has 1 aliphatic heterocycles. The van der Waals surface area contributed by atoms with Crippen molar-refractivity contribution in [2.75, 3.05) is 13.1 Å². The summed E-state index contributed by atoms with van der Waals surface area (Å²) >= 11 is 0. The fraction of sp³-hybridized carbons (Fsp3) is 0.261. The molecule has 0 spiro atoms. The molecule has 150 valence electrons. The van der Waals surface area contributed by atoms with Gasteiger partial charge < -0.3 is 15.2 Å². The third-order valence-corrected chi connectivity index (χ3v) is 5.59. The van der Waals surface area contributed by atoms with Crippen molar-refractivity contribution in [1.29, 1.82) is 0 Å². The lowest BCUT2D eigenvalue weighted by Crippen LogP contribution is -2.49. The first-order valence-electron chi connectivity index (χ1n) is 9.61. The molecular formula is C23H24F2N4. The van der Waals surface area contributed by atoms with Gasteiger partial charge in [-0.3, -0.25) is 0 Å². The molecule has 0 atom stereocenters. The van der Waals surface area contributed by atoms with Gasteiger partial charge in [0.2, 0.25) is 0 Å². The number of halogens is 2. The minimum atomic E-state index is -0.429. The molecule has 0 saturated heterocycles. The van der Waals surface area contributed by atoms with E-state index in [0.29, 0.717) is 13.1 Å². The molecule has 0 bridgehead atoms. The van der Waals surface area contributed by atoms with E-state index in [9.17, 15) is 8.78 Å². The molecule has 4 rings (SSSR count). The molecular weight excluding hydrogens is 370 g/mol. The third kappa shape index (κ3) is 3.23. The molecule has 1 aliphatic rings. The summed E-state index contributed by atoms with van der Waals surface area (Å²) in [5, 5.41) is 0. The second-order valence-corrected chi connectivity index (χ2v) is 7.78. The lowest BCUT2D eigenvalue weighted by molar-refractivity contribution is 0.118. The third-order valence-electron chi connectivity index (χ3n) is 5.59. The van der Waals surface area contributed by atoms with Crippen molar-refractivity contribution in [3.8, 4) is 22.5 Å². The van der Waals surface area contributed by atoms with E-state index in [1.54, 1.807) is 24.3 Å². The second-order valence-electron chi connectivity index (χ2n) is 7.78. The van der Waals surface area contributed by atoms with Crippen molar-refractivity contribution in [2.45, 2.75) is 25.9 Å². The van der Waals surface area contributed by atoms with Crippen molar-refractivity contribution in [1.82, 2.24) is 14.5 Å². The monoisotopic (exact) mass is 394 g/mol. The van der Waals surface area contributed by atoms with Gasteiger partial charge in [0, 0.05) is 36.5 Å². The number of hydrogen-bond donors (Lipinski definition) is 1. The highest BCUT2D eigenvalue weighted by Crippen LogP contribution is 2.41. The number of hydrogen-bond acceptors (Lipinski definition) is 3. The zero-order chi connectivity index (χ0) is 20.8. The zero-order valence-corrected chi connectivity index (χ0v) is 16.6. The van der Waals surface area contributed by atoms with Crippen LogP contribution in [0.25, 0.3) is 22.5 Å². The maximum Gasteiger partial charge on any atom is 0.135 e. The van der Waals surface area contributed by atoms with E-state index in [0.717, 1.165) is 40.6 Å². The standard InChI is InChI=1S/C23H24F2N4/c1-15(14-26)29-13-12-28-21(17-6-10-19(25)11-7-17)20(27-22(28)23(29,2)3)16-4-8-18(24)9-5-16/h4-11H,1,12-14,26H2,2-3H3. The first-order chi connectivity index (χ1) is 13.8. The molecule has 0 radical (unpaired) electrons. The molecule has 4 nitrogen and oxygen atoms in total. The van der Waals surface area contributed by atoms with Gasteiger partial charge in [-0.25, -0.2) is 13.8 Å². The Morgan fingerprint density at radius 3 is 2.10 bits per heavy atom. The van der Waals surface area contributed by atoms with Crippen LogP contribution in [0.1, 0.15) is 19.7 Å². The Labute approximate surface area is 169 Å². The van der Waals surface area contributed by atoms with Crippen LogP contribution in [0.3, 0.4) is 0 Å². The lowest BCUT2D eigenvalue weighted by atomic mass is 9.98. The molecule has 2 N–H and O–H groups in total. The summed E-state index contributed by atoms with van der Waals surface area (Å²) in [5.41, 5.74) is 9.61. The predicted molar refractivity (Wildman–Crippen MR) is 111 cm³/mol. The fourth-order valence-electron chi connectivity index (χ4n) is 4.11. The molecule has 6 heteroatoms. The van der Waals surface area contributed by atoms with Gasteiger partial charge in [-0.1, -0.05) is 6.58 Å². The smallest absolute Gasteiger partial charge is 0.135 e. The summed E-state index contributed by atoms with van der Waals surface area (Å²) in [7, 11) is 0. The van der Waals surface area contributed by atoms with Crippen molar-refractivity contribution < 1.29 is 8.78 Å². The van der Waals surface area contributed by atoms with Crippen LogP contribution in [0.2, 0.25) is 0 Å². The van der Waals surface area contributed by atoms with Crippen LogP contribution < -0.4 is 5.73 Å². The van der Waals surface area contributed by atoms with Gasteiger partial charge in [-0.2, -0.15) is 0 Å². The van der Waals surface area contributed by atoms with Crippen LogP contribution in [0.15, 0.2) is 60.8 Å². The lowest BCUT2D eigenvalue weighted by Gasteiger charge is -2.44. The molecule has 2 aromatic carbocycles. The maximum absolute atomic E-state index is 13.5. The highest BCUT2D eigenvalue weighted by Gasteiger charge is 2.39. The second kappa shape index (κ2) is 7.12. The number of fused-ring (bicyclic) bond motifs is 1. The molecule has 0 saturated carbocycles. The van der Waals surface area contributed by atoms with E-state index in [1.165, 1.54) is 24.3 Å². The van der Waals surface area contributed by atoms with E-state index in [1.807, 2.05) is 0 Å². The Hall–Kier alpha value is -2.99. The zero-order valence-electron chi connectivity index (χ0n) is 16.6. The Morgan fingerprint density at radius 1 is 1.00 bits per heavy atom. The number of benzene rings is 2. The minimum absolute atomic E-state index is 0.291. The van der Waals surface area contributed by atoms with Crippen LogP contribution in [-0.2, 0) is 12.1 Å². The molecule has 1 aromatic heterocycles. The minimum Gasteiger partial charge on any atom is -0.360 e. The van der Waals surface area contributed by atoms with Crippen molar-refractivity contribution in [3.63, 3.8) is 0 Å². The summed E-state index contributed by atoms with van der Waals surface area (Å²) in [6, 6.07) is 12.7. The highest BCUT2D eigenvalue weighted by molar-refractivity contribution is 5.79. The van der Waals surface area contributed by atoms with E-state index in [2.05, 4.69) is 29.9 Å². The first kappa shape index (κ1) is 19.3. The van der Waals surface area contributed by atoms with Gasteiger partial charge in [-0.05, 0) is 62.4 Å². The highest BCUT2D eigenvalue weighted by atomic mass is 19.1. The summed E-state index contributed by atoms with van der Waals surface area (Å²) in [5.74, 6) is 0.282. The first-order valence-corrected chi connectivity index (χ1v) is 9.61. The Kier molecular flexibility index (Phi) is 4.74. The number of imidazole rings is 1. The number of aromatic nitrogens is 2. The van der Waals surface area contributed by atoms with Gasteiger partial charge in [-0.15, -0.1) is 0 Å². The van der Waals surface area contributed by atoms with Crippen LogP contribution in [0, 0.1) is 11.6 Å². The molecule has 2 heterocycles. The number of nitrogens with two attached hydrogens (primary N) is 1. The average molecular weight is 394 g/mol. The summed E-state index contributed by atoms with van der Waals surface area (Å²) in [4.78, 5) is 7.17. The number of rotatable bonds is 4. The van der Waals surface area contributed by atoms with Gasteiger partial charge in [0.15, 0.2) is 0 Å². The van der Waals surface area contributed by atoms with Crippen molar-refractivity contribution in [2.24, 2.45) is 5.73 Å². The molecule has 0 fully saturated rings. The Balaban J connectivity index is 1.95. The number of nitrogens with zero attached hydrogens (tertiary/aromatic N) is 3. The van der Waals surface area contributed by atoms with Crippen LogP contribution in [0.5, 0.6) is 0 Å². The largest absolute Gasteiger partial charge is 0.360 e. The SMILES string of the molecule is C=C(CN)N1CCn2c(nc(-c3ccc(F)cc3)c2-c2ccc(F)cc2)C1(C)C. The van der Waals surface area contributed by atoms with Crippen molar-refractivity contribution in [3.05, 3.63) is 78.3 Å². The van der Waals surface area contributed by atoms with Crippen LogP contribution in [0.4, 0.5) is 8.78 Å². The van der Waals surface area contributed by atoms with Crippen molar-refractivity contribution >= 4 is 0 Å². The molecule has 29 heavy (non-hydrogen) atoms. The molecule has 3 aromatic rings. The Morgan fingerprint density at radius 2 is 1.55 bits per heavy atom. The average Bonchev–Trinajstić information content (AvgIpc) is 3.09. The molecule has 0 unspecified atom stereocenters. The van der Waals surface area contributed by atoms with Gasteiger partial charge in [0.05, 0.1) is 16.9 Å². The maximum atomic E-state index is 13.5. The quantitative estimate of drug-likeness (QED) is 0.708. The van der Waals surface area contributed by atoms with Gasteiger partial charge in [0.1, 0.15) is 17.5 Å². The summed E-state index contributed by atoms with van der Waals surface area (Å²) in [6.45, 7) is 10.1. The van der Waals surface area contributed by atoms with E-state index >= 15 is 0 Å². The molecule has 0 amide bonds. The normalized spacial score (nSPS) is 15.3. The topological polar surface area (TPSA) is 47.1 Å². The summed E-state index contributed by atoms with van der Waals surface area (Å²) in [6.07, 6.45) is 0. The molecule has 0 aliphatic carbocycles. The van der Waals surface area contributed by atoms with Crippen LogP contribution in [-0.4, -0.2) is 27.5 Å². The van der Waals surface area contributed by atoms with E-state index in [4.69, 9.17) is 10.7 Å². The van der Waals surface area contributed by atoms with Crippen LogP contribution >= 0.6 is 0 Å². The van der Waals surface area contributed by atoms with E-state index in [-0.39, 0.29) is 11.6 Å². The summed E-state index contributed by atoms with van der Waals surface area (Å²) < 4.78 is 29.2. The van der Waals surface area contributed by atoms with Gasteiger partial charge in [0.25, 0.3) is 0 Å². The predicted octanol–water partition coefficient (Wildman–Crippen LogP) is 4.52.